The van der Waals surface area contributed by atoms with E-state index in [-0.39, 0.29) is 5.41 Å². The van der Waals surface area contributed by atoms with Crippen molar-refractivity contribution in [2.24, 2.45) is 0 Å². The normalized spacial score (nSPS) is 14.2. The van der Waals surface area contributed by atoms with Gasteiger partial charge >= 0.3 is 0 Å². The first-order chi connectivity index (χ1) is 15.5. The zero-order chi connectivity index (χ0) is 22.3. The molecule has 1 aliphatic rings. The summed E-state index contributed by atoms with van der Waals surface area (Å²) in [6.45, 7) is 0. The van der Waals surface area contributed by atoms with Crippen LogP contribution in [0.25, 0.3) is 17.7 Å². The van der Waals surface area contributed by atoms with Crippen molar-refractivity contribution < 1.29 is 4.42 Å². The number of aromatic amines is 1. The molecule has 5 rings (SSSR count). The molecular weight excluding hydrogens is 398 g/mol. The van der Waals surface area contributed by atoms with Crippen molar-refractivity contribution in [3.05, 3.63) is 89.5 Å². The first-order valence-electron chi connectivity index (χ1n) is 10.7. The van der Waals surface area contributed by atoms with Crippen LogP contribution in [0.15, 0.2) is 71.5 Å². The molecule has 4 aromatic rings. The molecule has 0 radical (unpaired) electrons. The Morgan fingerprint density at radius 2 is 1.47 bits per heavy atom. The van der Waals surface area contributed by atoms with Crippen LogP contribution in [-0.2, 0) is 11.8 Å². The van der Waals surface area contributed by atoms with Gasteiger partial charge in [0.05, 0.1) is 6.20 Å². The fourth-order valence-corrected chi connectivity index (χ4v) is 4.45. The summed E-state index contributed by atoms with van der Waals surface area (Å²) in [5.74, 6) is 0.533. The number of hydrogen-bond acceptors (Lipinski definition) is 5. The number of H-pyrrole nitrogens is 1. The average molecular weight is 426 g/mol. The molecule has 32 heavy (non-hydrogen) atoms. The number of rotatable bonds is 5. The van der Waals surface area contributed by atoms with Gasteiger partial charge in [-0.3, -0.25) is 5.10 Å². The number of hydrogen-bond donors (Lipinski definition) is 1. The van der Waals surface area contributed by atoms with Crippen LogP contribution < -0.4 is 9.80 Å². The van der Waals surface area contributed by atoms with Crippen LogP contribution in [0.2, 0.25) is 0 Å². The molecule has 0 bridgehead atoms. The van der Waals surface area contributed by atoms with Gasteiger partial charge in [-0.15, -0.1) is 0 Å². The quantitative estimate of drug-likeness (QED) is 0.500. The Labute approximate surface area is 188 Å². The van der Waals surface area contributed by atoms with Crippen LogP contribution in [0.5, 0.6) is 0 Å². The Morgan fingerprint density at radius 1 is 0.875 bits per heavy atom. The second kappa shape index (κ2) is 7.71. The van der Waals surface area contributed by atoms with E-state index in [4.69, 9.17) is 4.42 Å². The third kappa shape index (κ3) is 3.28. The maximum absolute atomic E-state index is 5.50. The topological polar surface area (TPSA) is 61.2 Å². The summed E-state index contributed by atoms with van der Waals surface area (Å²) in [6.07, 6.45) is 8.45. The molecule has 1 aliphatic carbocycles. The minimum Gasteiger partial charge on any atom is -0.443 e. The lowest BCUT2D eigenvalue weighted by Crippen LogP contribution is -2.30. The molecule has 1 N–H and O–H groups in total. The minimum atomic E-state index is -0.302. The van der Waals surface area contributed by atoms with Gasteiger partial charge in [0.2, 0.25) is 5.89 Å². The molecule has 2 heterocycles. The molecule has 0 aliphatic heterocycles. The molecule has 0 amide bonds. The lowest BCUT2D eigenvalue weighted by atomic mass is 9.68. The molecule has 2 aromatic carbocycles. The fourth-order valence-electron chi connectivity index (χ4n) is 4.45. The number of anilines is 2. The van der Waals surface area contributed by atoms with Gasteiger partial charge in [-0.2, -0.15) is 5.10 Å². The van der Waals surface area contributed by atoms with E-state index in [2.05, 4.69) is 114 Å². The van der Waals surface area contributed by atoms with Crippen LogP contribution >= 0.6 is 0 Å². The van der Waals surface area contributed by atoms with Crippen LogP contribution in [0.4, 0.5) is 11.4 Å². The van der Waals surface area contributed by atoms with Gasteiger partial charge in [-0.05, 0) is 35.4 Å². The summed E-state index contributed by atoms with van der Waals surface area (Å²) in [7, 11) is 8.25. The number of fused-ring (bicyclic) bond motifs is 1. The lowest BCUT2D eigenvalue weighted by molar-refractivity contribution is 0.571. The molecule has 0 unspecified atom stereocenters. The monoisotopic (exact) mass is 425 g/mol. The second-order valence-electron chi connectivity index (χ2n) is 8.67. The molecule has 0 spiro atoms. The van der Waals surface area contributed by atoms with E-state index in [9.17, 15) is 0 Å². The van der Waals surface area contributed by atoms with Crippen molar-refractivity contribution in [2.75, 3.05) is 38.0 Å². The first-order valence-corrected chi connectivity index (χ1v) is 10.7. The van der Waals surface area contributed by atoms with E-state index in [0.29, 0.717) is 5.89 Å². The molecule has 6 heteroatoms. The highest BCUT2D eigenvalue weighted by molar-refractivity contribution is 5.73. The Bertz CT molecular complexity index is 1180. The number of benzene rings is 2. The van der Waals surface area contributed by atoms with Crippen molar-refractivity contribution >= 4 is 17.5 Å². The number of nitrogens with zero attached hydrogens (tertiary/aromatic N) is 4. The van der Waals surface area contributed by atoms with E-state index >= 15 is 0 Å². The Morgan fingerprint density at radius 3 is 1.97 bits per heavy atom. The third-order valence-electron chi connectivity index (χ3n) is 6.31. The maximum Gasteiger partial charge on any atom is 0.247 e. The highest BCUT2D eigenvalue weighted by atomic mass is 16.3. The van der Waals surface area contributed by atoms with Crippen LogP contribution in [-0.4, -0.2) is 43.4 Å². The number of aromatic nitrogens is 3. The maximum atomic E-state index is 5.50. The largest absolute Gasteiger partial charge is 0.443 e. The average Bonchev–Trinajstić information content (AvgIpc) is 3.48. The van der Waals surface area contributed by atoms with Crippen LogP contribution in [0.3, 0.4) is 0 Å². The van der Waals surface area contributed by atoms with Crippen LogP contribution in [0.1, 0.15) is 22.4 Å². The van der Waals surface area contributed by atoms with E-state index in [1.807, 2.05) is 0 Å². The predicted octanol–water partition coefficient (Wildman–Crippen LogP) is 4.75. The summed E-state index contributed by atoms with van der Waals surface area (Å²) in [5.41, 5.74) is 7.42. The second-order valence-corrected chi connectivity index (χ2v) is 8.67. The SMILES string of the molecule is CN(C)c1ccc(C2(c3ccc(N(C)C)cc3)C=Cc3c(-c4ncco4)n[nH]c3C2)cc1. The molecule has 162 valence electrons. The van der Waals surface area contributed by atoms with Gasteiger partial charge in [0.25, 0.3) is 0 Å². The molecule has 2 aromatic heterocycles. The summed E-state index contributed by atoms with van der Waals surface area (Å²) in [5, 5.41) is 7.77. The van der Waals surface area contributed by atoms with Gasteiger partial charge < -0.3 is 14.2 Å². The molecular formula is C26H27N5O. The summed E-state index contributed by atoms with van der Waals surface area (Å²) in [6, 6.07) is 17.6. The molecule has 0 saturated carbocycles. The van der Waals surface area contributed by atoms with Crippen molar-refractivity contribution in [3.8, 4) is 11.6 Å². The summed E-state index contributed by atoms with van der Waals surface area (Å²) >= 11 is 0. The Balaban J connectivity index is 1.62. The summed E-state index contributed by atoms with van der Waals surface area (Å²) in [4.78, 5) is 8.52. The van der Waals surface area contributed by atoms with Crippen molar-refractivity contribution in [3.63, 3.8) is 0 Å². The van der Waals surface area contributed by atoms with Crippen molar-refractivity contribution in [2.45, 2.75) is 11.8 Å². The third-order valence-corrected chi connectivity index (χ3v) is 6.31. The van der Waals surface area contributed by atoms with Gasteiger partial charge in [0.15, 0.2) is 5.69 Å². The standard InChI is InChI=1S/C26H27N5O/c1-30(2)20-9-5-18(6-10-20)26(19-7-11-21(12-8-19)31(3)4)14-13-22-23(17-26)28-29-24(22)25-27-15-16-32-25/h5-16H,17H2,1-4H3,(H,28,29). The van der Waals surface area contributed by atoms with Crippen LogP contribution in [0, 0.1) is 0 Å². The minimum absolute atomic E-state index is 0.302. The predicted molar refractivity (Wildman–Crippen MR) is 129 cm³/mol. The number of nitrogens with one attached hydrogen (secondary N) is 1. The number of allylic oxidation sites excluding steroid dienone is 1. The van der Waals surface area contributed by atoms with Gasteiger partial charge in [-0.1, -0.05) is 36.4 Å². The van der Waals surface area contributed by atoms with Crippen molar-refractivity contribution in [1.82, 2.24) is 15.2 Å². The highest BCUT2D eigenvalue weighted by Gasteiger charge is 2.37. The molecule has 0 atom stereocenters. The molecule has 0 saturated heterocycles. The highest BCUT2D eigenvalue weighted by Crippen LogP contribution is 2.43. The Hall–Kier alpha value is -3.80. The van der Waals surface area contributed by atoms with Gasteiger partial charge in [0.1, 0.15) is 6.26 Å². The lowest BCUT2D eigenvalue weighted by Gasteiger charge is -2.35. The van der Waals surface area contributed by atoms with Crippen molar-refractivity contribution in [1.29, 1.82) is 0 Å². The van der Waals surface area contributed by atoms with Gasteiger partial charge in [-0.25, -0.2) is 4.98 Å². The first kappa shape index (κ1) is 20.1. The molecule has 6 nitrogen and oxygen atoms in total. The smallest absolute Gasteiger partial charge is 0.247 e. The van der Waals surface area contributed by atoms with E-state index in [1.54, 1.807) is 12.5 Å². The van der Waals surface area contributed by atoms with Gasteiger partial charge in [0, 0.05) is 62.7 Å². The molecule has 0 fully saturated rings. The van der Waals surface area contributed by atoms with E-state index in [1.165, 1.54) is 22.5 Å². The zero-order valence-electron chi connectivity index (χ0n) is 18.8. The summed E-state index contributed by atoms with van der Waals surface area (Å²) < 4.78 is 5.50. The van der Waals surface area contributed by atoms with E-state index in [0.717, 1.165) is 23.4 Å². The van der Waals surface area contributed by atoms with E-state index < -0.39 is 0 Å². The number of oxazole rings is 1. The Kier molecular flexibility index (Phi) is 4.85. The zero-order valence-corrected chi connectivity index (χ0v) is 18.8. The fraction of sp³-hybridized carbons (Fsp3) is 0.231.